The molecule has 96 valence electrons. The van der Waals surface area contributed by atoms with Crippen molar-refractivity contribution in [3.8, 4) is 0 Å². The van der Waals surface area contributed by atoms with E-state index < -0.39 is 6.04 Å². The van der Waals surface area contributed by atoms with Crippen LogP contribution in [0.15, 0.2) is 29.2 Å². The maximum atomic E-state index is 12.1. The van der Waals surface area contributed by atoms with Gasteiger partial charge in [-0.25, -0.2) is 0 Å². The summed E-state index contributed by atoms with van der Waals surface area (Å²) in [4.78, 5) is 24.6. The third-order valence-corrected chi connectivity index (χ3v) is 3.74. The molecule has 1 heterocycles. The van der Waals surface area contributed by atoms with Gasteiger partial charge in [0.15, 0.2) is 0 Å². The van der Waals surface area contributed by atoms with Gasteiger partial charge < -0.3 is 10.6 Å². The van der Waals surface area contributed by atoms with Crippen molar-refractivity contribution >= 4 is 23.6 Å². The van der Waals surface area contributed by atoms with E-state index in [2.05, 4.69) is 10.6 Å². The van der Waals surface area contributed by atoms with Crippen molar-refractivity contribution in [1.29, 1.82) is 0 Å². The van der Waals surface area contributed by atoms with Gasteiger partial charge in [0.2, 0.25) is 5.91 Å². The van der Waals surface area contributed by atoms with E-state index in [1.807, 2.05) is 24.5 Å². The van der Waals surface area contributed by atoms with Crippen molar-refractivity contribution in [1.82, 2.24) is 10.6 Å². The molecule has 0 saturated carbocycles. The predicted octanol–water partition coefficient (Wildman–Crippen LogP) is 1.42. The van der Waals surface area contributed by atoms with Gasteiger partial charge in [0.1, 0.15) is 6.04 Å². The lowest BCUT2D eigenvalue weighted by atomic mass is 10.1. The first-order valence-electron chi connectivity index (χ1n) is 5.94. The lowest BCUT2D eigenvalue weighted by Crippen LogP contribution is -2.50. The number of nitrogens with one attached hydrogen (secondary N) is 2. The van der Waals surface area contributed by atoms with Crippen LogP contribution in [0.3, 0.4) is 0 Å². The van der Waals surface area contributed by atoms with Gasteiger partial charge in [-0.2, -0.15) is 0 Å². The first-order valence-corrected chi connectivity index (χ1v) is 7.16. The Morgan fingerprint density at radius 2 is 2.22 bits per heavy atom. The normalized spacial score (nSPS) is 19.2. The van der Waals surface area contributed by atoms with Crippen LogP contribution >= 0.6 is 11.8 Å². The Balaban J connectivity index is 2.09. The van der Waals surface area contributed by atoms with Crippen LogP contribution in [-0.4, -0.2) is 30.7 Å². The summed E-state index contributed by atoms with van der Waals surface area (Å²) >= 11 is 1.53. The molecule has 5 heteroatoms. The molecule has 0 unspecified atom stereocenters. The zero-order valence-electron chi connectivity index (χ0n) is 10.2. The molecule has 18 heavy (non-hydrogen) atoms. The van der Waals surface area contributed by atoms with E-state index in [0.29, 0.717) is 18.5 Å². The van der Waals surface area contributed by atoms with E-state index in [-0.39, 0.29) is 11.8 Å². The fourth-order valence-corrected chi connectivity index (χ4v) is 2.57. The third kappa shape index (κ3) is 2.85. The summed E-state index contributed by atoms with van der Waals surface area (Å²) in [7, 11) is 0. The molecule has 1 aliphatic rings. The highest BCUT2D eigenvalue weighted by Gasteiger charge is 2.24. The van der Waals surface area contributed by atoms with Crippen molar-refractivity contribution in [2.45, 2.75) is 23.8 Å². The summed E-state index contributed by atoms with van der Waals surface area (Å²) in [6.45, 7) is 0.701. The number of rotatable bonds is 3. The van der Waals surface area contributed by atoms with Crippen LogP contribution in [0.25, 0.3) is 0 Å². The highest BCUT2D eigenvalue weighted by Crippen LogP contribution is 2.20. The highest BCUT2D eigenvalue weighted by atomic mass is 32.2. The van der Waals surface area contributed by atoms with Crippen LogP contribution in [-0.2, 0) is 4.79 Å². The minimum Gasteiger partial charge on any atom is -0.354 e. The maximum absolute atomic E-state index is 12.1. The quantitative estimate of drug-likeness (QED) is 0.812. The summed E-state index contributed by atoms with van der Waals surface area (Å²) in [5.74, 6) is -0.266. The number of amides is 2. The van der Waals surface area contributed by atoms with Crippen LogP contribution < -0.4 is 10.6 Å². The van der Waals surface area contributed by atoms with Crippen LogP contribution in [0, 0.1) is 0 Å². The monoisotopic (exact) mass is 264 g/mol. The highest BCUT2D eigenvalue weighted by molar-refractivity contribution is 7.98. The fourth-order valence-electron chi connectivity index (χ4n) is 1.98. The second kappa shape index (κ2) is 5.91. The predicted molar refractivity (Wildman–Crippen MR) is 71.7 cm³/mol. The first-order chi connectivity index (χ1) is 8.72. The van der Waals surface area contributed by atoms with Gasteiger partial charge in [-0.15, -0.1) is 11.8 Å². The summed E-state index contributed by atoms with van der Waals surface area (Å²) in [6, 6.07) is 7.01. The van der Waals surface area contributed by atoms with Gasteiger partial charge >= 0.3 is 0 Å². The number of thioether (sulfide) groups is 1. The van der Waals surface area contributed by atoms with E-state index in [0.717, 1.165) is 11.3 Å². The van der Waals surface area contributed by atoms with E-state index in [4.69, 9.17) is 0 Å². The number of piperidine rings is 1. The standard InChI is InChI=1S/C13H16N2O2S/c1-18-11-7-3-2-5-9(11)12(16)15-10-6-4-8-14-13(10)17/h2-3,5,7,10H,4,6,8H2,1H3,(H,14,17)(H,15,16)/t10-/m0/s1. The number of carbonyl (C=O) groups excluding carboxylic acids is 2. The fraction of sp³-hybridized carbons (Fsp3) is 0.385. The molecule has 0 spiro atoms. The summed E-state index contributed by atoms with van der Waals surface area (Å²) < 4.78 is 0. The van der Waals surface area contributed by atoms with Gasteiger partial charge in [-0.1, -0.05) is 12.1 Å². The average Bonchev–Trinajstić information content (AvgIpc) is 2.41. The summed E-state index contributed by atoms with van der Waals surface area (Å²) in [5, 5.41) is 5.55. The number of carbonyl (C=O) groups is 2. The maximum Gasteiger partial charge on any atom is 0.253 e. The minimum atomic E-state index is -0.402. The van der Waals surface area contributed by atoms with E-state index in [1.54, 1.807) is 6.07 Å². The molecule has 1 aromatic rings. The van der Waals surface area contributed by atoms with Gasteiger partial charge in [0, 0.05) is 11.4 Å². The molecule has 0 aromatic heterocycles. The second-order valence-electron chi connectivity index (χ2n) is 4.16. The van der Waals surface area contributed by atoms with Crippen molar-refractivity contribution in [3.63, 3.8) is 0 Å². The molecule has 0 radical (unpaired) electrons. The molecule has 1 saturated heterocycles. The minimum absolute atomic E-state index is 0.0868. The van der Waals surface area contributed by atoms with Gasteiger partial charge in [-0.05, 0) is 31.2 Å². The van der Waals surface area contributed by atoms with Crippen LogP contribution in [0.4, 0.5) is 0 Å². The van der Waals surface area contributed by atoms with E-state index >= 15 is 0 Å². The van der Waals surface area contributed by atoms with Gasteiger partial charge in [0.05, 0.1) is 5.56 Å². The van der Waals surface area contributed by atoms with Crippen LogP contribution in [0.2, 0.25) is 0 Å². The second-order valence-corrected chi connectivity index (χ2v) is 5.01. The molecular formula is C13H16N2O2S. The first kappa shape index (κ1) is 13.0. The lowest BCUT2D eigenvalue weighted by Gasteiger charge is -2.23. The number of benzene rings is 1. The molecule has 0 bridgehead atoms. The zero-order chi connectivity index (χ0) is 13.0. The molecule has 1 aliphatic heterocycles. The van der Waals surface area contributed by atoms with Crippen LogP contribution in [0.1, 0.15) is 23.2 Å². The molecule has 4 nitrogen and oxygen atoms in total. The number of hydrogen-bond donors (Lipinski definition) is 2. The largest absolute Gasteiger partial charge is 0.354 e. The Labute approximate surface area is 111 Å². The summed E-state index contributed by atoms with van der Waals surface area (Å²) in [5.41, 5.74) is 0.628. The van der Waals surface area contributed by atoms with Crippen molar-refractivity contribution in [2.24, 2.45) is 0 Å². The van der Waals surface area contributed by atoms with Crippen molar-refractivity contribution in [2.75, 3.05) is 12.8 Å². The molecule has 2 N–H and O–H groups in total. The average molecular weight is 264 g/mol. The Morgan fingerprint density at radius 3 is 2.94 bits per heavy atom. The zero-order valence-corrected chi connectivity index (χ0v) is 11.0. The molecule has 1 fully saturated rings. The molecule has 1 aromatic carbocycles. The summed E-state index contributed by atoms with van der Waals surface area (Å²) in [6.07, 6.45) is 3.54. The molecule has 2 rings (SSSR count). The Bertz CT molecular complexity index is 462. The Hall–Kier alpha value is -1.49. The van der Waals surface area contributed by atoms with Crippen LogP contribution in [0.5, 0.6) is 0 Å². The topological polar surface area (TPSA) is 58.2 Å². The number of hydrogen-bond acceptors (Lipinski definition) is 3. The lowest BCUT2D eigenvalue weighted by molar-refractivity contribution is -0.124. The molecular weight excluding hydrogens is 248 g/mol. The van der Waals surface area contributed by atoms with Crippen molar-refractivity contribution < 1.29 is 9.59 Å². The Morgan fingerprint density at radius 1 is 1.44 bits per heavy atom. The van der Waals surface area contributed by atoms with Gasteiger partial charge in [0.25, 0.3) is 5.91 Å². The Kier molecular flexibility index (Phi) is 4.25. The van der Waals surface area contributed by atoms with Crippen molar-refractivity contribution in [3.05, 3.63) is 29.8 Å². The molecule has 2 amide bonds. The molecule has 1 atom stereocenters. The smallest absolute Gasteiger partial charge is 0.253 e. The SMILES string of the molecule is CSc1ccccc1C(=O)N[C@H]1CCCNC1=O. The third-order valence-electron chi connectivity index (χ3n) is 2.94. The van der Waals surface area contributed by atoms with Gasteiger partial charge in [-0.3, -0.25) is 9.59 Å². The van der Waals surface area contributed by atoms with E-state index in [1.165, 1.54) is 11.8 Å². The van der Waals surface area contributed by atoms with E-state index in [9.17, 15) is 9.59 Å². The molecule has 0 aliphatic carbocycles.